The minimum atomic E-state index is -4.79. The van der Waals surface area contributed by atoms with E-state index in [0.717, 1.165) is 17.5 Å². The first-order chi connectivity index (χ1) is 16.5. The number of anilines is 1. The highest BCUT2D eigenvalue weighted by Crippen LogP contribution is 2.34. The summed E-state index contributed by atoms with van der Waals surface area (Å²) in [6, 6.07) is 9.60. The monoisotopic (exact) mass is 524 g/mol. The Labute approximate surface area is 209 Å². The van der Waals surface area contributed by atoms with Crippen molar-refractivity contribution in [3.05, 3.63) is 75.0 Å². The number of alkyl halides is 3. The largest absolute Gasteiger partial charge is 0.435 e. The van der Waals surface area contributed by atoms with Crippen LogP contribution in [0.15, 0.2) is 42.5 Å². The Balaban J connectivity index is 1.73. The van der Waals surface area contributed by atoms with Gasteiger partial charge in [-0.25, -0.2) is 4.68 Å². The van der Waals surface area contributed by atoms with Crippen LogP contribution in [0.5, 0.6) is 0 Å². The van der Waals surface area contributed by atoms with E-state index in [4.69, 9.17) is 23.2 Å². The number of aryl methyl sites for hydroxylation is 1. The third kappa shape index (κ3) is 5.46. The summed E-state index contributed by atoms with van der Waals surface area (Å²) in [6.45, 7) is 3.53. The van der Waals surface area contributed by atoms with Gasteiger partial charge in [-0.15, -0.1) is 0 Å². The fraction of sp³-hybridized carbons (Fsp3) is 0.292. The molecule has 6 nitrogen and oxygen atoms in total. The number of aromatic nitrogens is 2. The van der Waals surface area contributed by atoms with Crippen molar-refractivity contribution in [2.24, 2.45) is 5.92 Å². The van der Waals surface area contributed by atoms with Gasteiger partial charge in [0, 0.05) is 17.1 Å². The molecule has 1 heterocycles. The van der Waals surface area contributed by atoms with Crippen LogP contribution >= 0.6 is 23.2 Å². The van der Waals surface area contributed by atoms with E-state index in [-0.39, 0.29) is 33.0 Å². The van der Waals surface area contributed by atoms with Crippen LogP contribution in [-0.2, 0) is 6.18 Å². The summed E-state index contributed by atoms with van der Waals surface area (Å²) in [5.41, 5.74) is -0.853. The second-order valence-corrected chi connectivity index (χ2v) is 9.32. The summed E-state index contributed by atoms with van der Waals surface area (Å²) in [4.78, 5) is 26.3. The minimum Gasteiger partial charge on any atom is -0.349 e. The molecule has 1 aliphatic rings. The zero-order valence-corrected chi connectivity index (χ0v) is 20.2. The number of hydrogen-bond acceptors (Lipinski definition) is 3. The smallest absolute Gasteiger partial charge is 0.349 e. The van der Waals surface area contributed by atoms with Crippen LogP contribution < -0.4 is 10.6 Å². The molecular formula is C24H21Cl2F3N4O2. The lowest BCUT2D eigenvalue weighted by atomic mass is 10.1. The van der Waals surface area contributed by atoms with E-state index >= 15 is 0 Å². The summed E-state index contributed by atoms with van der Waals surface area (Å²) in [6.07, 6.45) is -2.75. The second kappa shape index (κ2) is 9.54. The molecule has 35 heavy (non-hydrogen) atoms. The normalized spacial score (nSPS) is 14.5. The fourth-order valence-corrected chi connectivity index (χ4v) is 4.24. The summed E-state index contributed by atoms with van der Waals surface area (Å²) in [7, 11) is 0. The molecule has 184 valence electrons. The van der Waals surface area contributed by atoms with E-state index < -0.39 is 29.4 Å². The molecule has 3 aromatic rings. The second-order valence-electron chi connectivity index (χ2n) is 8.47. The van der Waals surface area contributed by atoms with Gasteiger partial charge in [-0.1, -0.05) is 35.3 Å². The molecule has 2 amide bonds. The molecule has 11 heteroatoms. The number of carbonyl (C=O) groups excluding carboxylic acids is 2. The topological polar surface area (TPSA) is 76.0 Å². The number of carbonyl (C=O) groups is 2. The van der Waals surface area contributed by atoms with Crippen LogP contribution in [0.4, 0.5) is 18.9 Å². The van der Waals surface area contributed by atoms with Crippen molar-refractivity contribution in [1.29, 1.82) is 0 Å². The van der Waals surface area contributed by atoms with Crippen LogP contribution in [0.25, 0.3) is 5.69 Å². The lowest BCUT2D eigenvalue weighted by molar-refractivity contribution is -0.141. The van der Waals surface area contributed by atoms with Gasteiger partial charge in [0.1, 0.15) is 5.69 Å². The van der Waals surface area contributed by atoms with Crippen LogP contribution in [0.2, 0.25) is 10.0 Å². The van der Waals surface area contributed by atoms with Crippen molar-refractivity contribution in [3.63, 3.8) is 0 Å². The molecule has 0 radical (unpaired) electrons. The van der Waals surface area contributed by atoms with Gasteiger partial charge >= 0.3 is 6.18 Å². The Morgan fingerprint density at radius 2 is 1.80 bits per heavy atom. The van der Waals surface area contributed by atoms with Crippen LogP contribution in [0.3, 0.4) is 0 Å². The van der Waals surface area contributed by atoms with Gasteiger partial charge in [-0.3, -0.25) is 9.59 Å². The highest BCUT2D eigenvalue weighted by molar-refractivity contribution is 6.32. The van der Waals surface area contributed by atoms with Gasteiger partial charge in [0.05, 0.1) is 22.0 Å². The van der Waals surface area contributed by atoms with Gasteiger partial charge in [-0.2, -0.15) is 18.3 Å². The summed E-state index contributed by atoms with van der Waals surface area (Å²) in [5, 5.41) is 9.46. The quantitative estimate of drug-likeness (QED) is 0.398. The number of nitrogens with zero attached hydrogens (tertiary/aromatic N) is 2. The highest BCUT2D eigenvalue weighted by Gasteiger charge is 2.37. The van der Waals surface area contributed by atoms with E-state index in [1.165, 1.54) is 18.2 Å². The van der Waals surface area contributed by atoms with Crippen LogP contribution in [0.1, 0.15) is 51.9 Å². The van der Waals surface area contributed by atoms with E-state index in [0.29, 0.717) is 17.5 Å². The Bertz CT molecular complexity index is 1300. The molecule has 1 aliphatic carbocycles. The molecule has 1 unspecified atom stereocenters. The van der Waals surface area contributed by atoms with E-state index in [1.54, 1.807) is 25.1 Å². The molecule has 1 atom stereocenters. The zero-order valence-electron chi connectivity index (χ0n) is 18.7. The van der Waals surface area contributed by atoms with Crippen molar-refractivity contribution in [3.8, 4) is 5.69 Å². The number of nitrogens with one attached hydrogen (secondary N) is 2. The van der Waals surface area contributed by atoms with Gasteiger partial charge in [0.15, 0.2) is 5.69 Å². The number of rotatable bonds is 6. The highest BCUT2D eigenvalue weighted by atomic mass is 35.5. The molecule has 1 saturated carbocycles. The van der Waals surface area contributed by atoms with E-state index in [2.05, 4.69) is 15.7 Å². The Hall–Kier alpha value is -3.04. The molecule has 0 aliphatic heterocycles. The van der Waals surface area contributed by atoms with Crippen molar-refractivity contribution in [1.82, 2.24) is 15.1 Å². The van der Waals surface area contributed by atoms with Crippen molar-refractivity contribution in [2.45, 2.75) is 38.9 Å². The van der Waals surface area contributed by atoms with E-state index in [1.807, 2.05) is 6.92 Å². The molecule has 0 saturated heterocycles. The van der Waals surface area contributed by atoms with Gasteiger partial charge in [-0.05, 0) is 62.4 Å². The average Bonchev–Trinajstić information content (AvgIpc) is 3.53. The van der Waals surface area contributed by atoms with Gasteiger partial charge in [0.25, 0.3) is 11.8 Å². The van der Waals surface area contributed by atoms with Crippen molar-refractivity contribution in [2.75, 3.05) is 5.32 Å². The van der Waals surface area contributed by atoms with Gasteiger partial charge in [0.2, 0.25) is 0 Å². The lowest BCUT2D eigenvalue weighted by Gasteiger charge is -2.18. The Morgan fingerprint density at radius 1 is 1.11 bits per heavy atom. The number of hydrogen-bond donors (Lipinski definition) is 2. The van der Waals surface area contributed by atoms with Crippen LogP contribution in [0, 0.1) is 12.8 Å². The SMILES string of the molecule is Cc1cc(Cl)cc(C(=O)NC(C)C2CC2)c1NC(=O)c1cc(C(F)(F)F)nn1-c1ccccc1Cl. The molecule has 1 aromatic heterocycles. The standard InChI is InChI=1S/C24H21Cl2F3N4O2/c1-12-9-15(25)10-16(22(34)30-13(2)14-7-8-14)21(12)31-23(35)19-11-20(24(27,28)29)32-33(19)18-6-4-3-5-17(18)26/h3-6,9-11,13-14H,7-8H2,1-2H3,(H,30,34)(H,31,35). The molecule has 2 aromatic carbocycles. The molecule has 0 bridgehead atoms. The average molecular weight is 525 g/mol. The number of amides is 2. The fourth-order valence-electron chi connectivity index (χ4n) is 3.75. The minimum absolute atomic E-state index is 0.0682. The first kappa shape index (κ1) is 25.1. The summed E-state index contributed by atoms with van der Waals surface area (Å²) in [5.74, 6) is -0.952. The summed E-state index contributed by atoms with van der Waals surface area (Å²) < 4.78 is 41.2. The Morgan fingerprint density at radius 3 is 2.43 bits per heavy atom. The van der Waals surface area contributed by atoms with Crippen LogP contribution in [-0.4, -0.2) is 27.6 Å². The third-order valence-corrected chi connectivity index (χ3v) is 6.32. The molecule has 4 rings (SSSR count). The molecule has 0 spiro atoms. The number of halogens is 5. The first-order valence-corrected chi connectivity index (χ1v) is 11.6. The Kier molecular flexibility index (Phi) is 6.83. The lowest BCUT2D eigenvalue weighted by Crippen LogP contribution is -2.34. The predicted octanol–water partition coefficient (Wildman–Crippen LogP) is 6.29. The molecule has 1 fully saturated rings. The van der Waals surface area contributed by atoms with Crippen molar-refractivity contribution < 1.29 is 22.8 Å². The predicted molar refractivity (Wildman–Crippen MR) is 127 cm³/mol. The number of para-hydroxylation sites is 1. The number of benzene rings is 2. The third-order valence-electron chi connectivity index (χ3n) is 5.78. The maximum absolute atomic E-state index is 13.4. The maximum Gasteiger partial charge on any atom is 0.435 e. The molecular weight excluding hydrogens is 504 g/mol. The maximum atomic E-state index is 13.4. The van der Waals surface area contributed by atoms with Crippen molar-refractivity contribution >= 4 is 40.7 Å². The van der Waals surface area contributed by atoms with Gasteiger partial charge < -0.3 is 10.6 Å². The first-order valence-electron chi connectivity index (χ1n) is 10.8. The van der Waals surface area contributed by atoms with E-state index in [9.17, 15) is 22.8 Å². The molecule has 2 N–H and O–H groups in total. The summed E-state index contributed by atoms with van der Waals surface area (Å²) >= 11 is 12.3. The zero-order chi connectivity index (χ0) is 25.5.